The number of ether oxygens (including phenoxy) is 1. The van der Waals surface area contributed by atoms with Crippen molar-refractivity contribution in [3.05, 3.63) is 70.6 Å². The smallest absolute Gasteiger partial charge is 0.236 e. The number of carbonyl (C=O) groups excluding carboxylic acids is 1. The van der Waals surface area contributed by atoms with E-state index in [1.165, 1.54) is 41.3 Å². The largest absolute Gasteiger partial charge is 0.486 e. The lowest BCUT2D eigenvalue weighted by atomic mass is 10.2. The highest BCUT2D eigenvalue weighted by Crippen LogP contribution is 2.25. The van der Waals surface area contributed by atoms with Gasteiger partial charge in [0.05, 0.1) is 16.5 Å². The zero-order valence-electron chi connectivity index (χ0n) is 16.8. The predicted molar refractivity (Wildman–Crippen MR) is 124 cm³/mol. The van der Waals surface area contributed by atoms with E-state index in [0.717, 1.165) is 11.3 Å². The van der Waals surface area contributed by atoms with Crippen molar-refractivity contribution >= 4 is 45.7 Å². The summed E-state index contributed by atoms with van der Waals surface area (Å²) in [5.74, 6) is 0.433. The lowest BCUT2D eigenvalue weighted by Gasteiger charge is -2.07. The number of nitrogens with one attached hydrogen (secondary N) is 1. The fourth-order valence-electron chi connectivity index (χ4n) is 2.67. The summed E-state index contributed by atoms with van der Waals surface area (Å²) in [7, 11) is 1.78. The molecular formula is C21H17ClFN5O2S2. The Bertz CT molecular complexity index is 1230. The van der Waals surface area contributed by atoms with Gasteiger partial charge in [-0.15, -0.1) is 21.5 Å². The van der Waals surface area contributed by atoms with Gasteiger partial charge in [0.2, 0.25) is 5.91 Å². The van der Waals surface area contributed by atoms with Crippen LogP contribution in [0.2, 0.25) is 5.02 Å². The zero-order chi connectivity index (χ0) is 22.5. The number of carbonyl (C=O) groups is 1. The van der Waals surface area contributed by atoms with Gasteiger partial charge in [-0.2, -0.15) is 0 Å². The van der Waals surface area contributed by atoms with Crippen molar-refractivity contribution in [1.29, 1.82) is 0 Å². The van der Waals surface area contributed by atoms with Crippen molar-refractivity contribution in [3.8, 4) is 17.0 Å². The number of nitrogens with zero attached hydrogens (tertiary/aromatic N) is 4. The molecule has 0 fully saturated rings. The van der Waals surface area contributed by atoms with E-state index < -0.39 is 5.82 Å². The number of thioether (sulfide) groups is 1. The molecule has 1 N–H and O–H groups in total. The first-order valence-electron chi connectivity index (χ1n) is 9.39. The van der Waals surface area contributed by atoms with E-state index in [1.807, 2.05) is 35.7 Å². The third kappa shape index (κ3) is 5.45. The van der Waals surface area contributed by atoms with Crippen LogP contribution in [0.4, 0.5) is 9.52 Å². The van der Waals surface area contributed by atoms with E-state index in [4.69, 9.17) is 16.3 Å². The summed E-state index contributed by atoms with van der Waals surface area (Å²) in [6.45, 7) is 0.125. The van der Waals surface area contributed by atoms with Crippen LogP contribution >= 0.6 is 34.7 Å². The minimum Gasteiger partial charge on any atom is -0.486 e. The molecule has 0 saturated carbocycles. The van der Waals surface area contributed by atoms with E-state index in [9.17, 15) is 9.18 Å². The molecular weight excluding hydrogens is 473 g/mol. The van der Waals surface area contributed by atoms with Crippen molar-refractivity contribution in [3.63, 3.8) is 0 Å². The van der Waals surface area contributed by atoms with Gasteiger partial charge in [-0.25, -0.2) is 9.37 Å². The Hall–Kier alpha value is -2.95. The van der Waals surface area contributed by atoms with Crippen molar-refractivity contribution in [2.45, 2.75) is 11.8 Å². The van der Waals surface area contributed by atoms with Crippen LogP contribution in [0.5, 0.6) is 5.75 Å². The van der Waals surface area contributed by atoms with Crippen LogP contribution in [0.1, 0.15) is 5.82 Å². The first kappa shape index (κ1) is 22.3. The van der Waals surface area contributed by atoms with Gasteiger partial charge >= 0.3 is 0 Å². The topological polar surface area (TPSA) is 81.9 Å². The molecule has 0 radical (unpaired) electrons. The van der Waals surface area contributed by atoms with Crippen molar-refractivity contribution in [2.24, 2.45) is 7.05 Å². The highest BCUT2D eigenvalue weighted by Gasteiger charge is 2.14. The molecule has 0 aliphatic rings. The maximum absolute atomic E-state index is 13.2. The number of amides is 1. The normalized spacial score (nSPS) is 10.8. The summed E-state index contributed by atoms with van der Waals surface area (Å²) in [5, 5.41) is 14.0. The van der Waals surface area contributed by atoms with Gasteiger partial charge in [-0.3, -0.25) is 4.79 Å². The van der Waals surface area contributed by atoms with Crippen molar-refractivity contribution < 1.29 is 13.9 Å². The number of hydrogen-bond donors (Lipinski definition) is 1. The molecule has 0 aliphatic heterocycles. The van der Waals surface area contributed by atoms with Gasteiger partial charge in [-0.05, 0) is 12.1 Å². The van der Waals surface area contributed by atoms with Crippen LogP contribution in [0.15, 0.2) is 59.1 Å². The molecule has 0 saturated heterocycles. The van der Waals surface area contributed by atoms with Crippen molar-refractivity contribution in [2.75, 3.05) is 11.1 Å². The van der Waals surface area contributed by atoms with Crippen LogP contribution in [-0.2, 0) is 18.4 Å². The molecule has 0 unspecified atom stereocenters. The third-order valence-corrected chi connectivity index (χ3v) is 6.40. The molecule has 0 bridgehead atoms. The Morgan fingerprint density at radius 2 is 2.06 bits per heavy atom. The summed E-state index contributed by atoms with van der Waals surface area (Å²) in [4.78, 5) is 16.8. The average molecular weight is 490 g/mol. The van der Waals surface area contributed by atoms with E-state index in [0.29, 0.717) is 21.9 Å². The lowest BCUT2D eigenvalue weighted by Crippen LogP contribution is -2.14. The van der Waals surface area contributed by atoms with Crippen LogP contribution in [-0.4, -0.2) is 31.4 Å². The maximum Gasteiger partial charge on any atom is 0.236 e. The van der Waals surface area contributed by atoms with Gasteiger partial charge in [0.15, 0.2) is 16.1 Å². The second-order valence-corrected chi connectivity index (χ2v) is 8.77. The van der Waals surface area contributed by atoms with Crippen LogP contribution in [0.25, 0.3) is 11.3 Å². The molecule has 164 valence electrons. The summed E-state index contributed by atoms with van der Waals surface area (Å²) < 4.78 is 20.6. The number of aromatic nitrogens is 4. The Labute approximate surface area is 196 Å². The number of halogens is 2. The third-order valence-electron chi connectivity index (χ3n) is 4.34. The number of benzene rings is 2. The summed E-state index contributed by atoms with van der Waals surface area (Å²) in [6.07, 6.45) is 0. The lowest BCUT2D eigenvalue weighted by molar-refractivity contribution is -0.113. The zero-order valence-corrected chi connectivity index (χ0v) is 19.2. The minimum atomic E-state index is -0.510. The fourth-order valence-corrected chi connectivity index (χ4v) is 4.31. The van der Waals surface area contributed by atoms with Gasteiger partial charge in [0.25, 0.3) is 0 Å². The molecule has 4 aromatic rings. The Balaban J connectivity index is 1.29. The molecule has 0 aliphatic carbocycles. The molecule has 32 heavy (non-hydrogen) atoms. The molecule has 2 heterocycles. The summed E-state index contributed by atoms with van der Waals surface area (Å²) in [5.41, 5.74) is 1.81. The predicted octanol–water partition coefficient (Wildman–Crippen LogP) is 5.04. The van der Waals surface area contributed by atoms with Gasteiger partial charge < -0.3 is 14.6 Å². The first-order valence-corrected chi connectivity index (χ1v) is 11.6. The molecule has 1 amide bonds. The second kappa shape index (κ2) is 10.1. The summed E-state index contributed by atoms with van der Waals surface area (Å²) in [6, 6.07) is 13.9. The van der Waals surface area contributed by atoms with Crippen molar-refractivity contribution in [1.82, 2.24) is 19.7 Å². The van der Waals surface area contributed by atoms with Crippen LogP contribution in [0.3, 0.4) is 0 Å². The van der Waals surface area contributed by atoms with Gasteiger partial charge in [0, 0.05) is 24.1 Å². The number of thiazole rings is 1. The van der Waals surface area contributed by atoms with Gasteiger partial charge in [-0.1, -0.05) is 53.7 Å². The SMILES string of the molecule is Cn1c(COc2ccc(F)c(Cl)c2)nnc1SCC(=O)Nc1nc(-c2ccccc2)cs1. The number of anilines is 1. The number of rotatable bonds is 8. The van der Waals surface area contributed by atoms with Crippen LogP contribution < -0.4 is 10.1 Å². The first-order chi connectivity index (χ1) is 15.5. The van der Waals surface area contributed by atoms with E-state index in [2.05, 4.69) is 20.5 Å². The standard InChI is InChI=1S/C21H17ClFN5O2S2/c1-28-18(10-30-14-7-8-16(23)15(22)9-14)26-27-21(28)32-12-19(29)25-20-24-17(11-31-20)13-5-3-2-4-6-13/h2-9,11H,10,12H2,1H3,(H,24,25,29). The Morgan fingerprint density at radius 3 is 2.84 bits per heavy atom. The molecule has 7 nitrogen and oxygen atoms in total. The minimum absolute atomic E-state index is 0.0150. The number of hydrogen-bond acceptors (Lipinski definition) is 7. The molecule has 2 aromatic heterocycles. The molecule has 0 atom stereocenters. The van der Waals surface area contributed by atoms with E-state index in [-0.39, 0.29) is 23.3 Å². The van der Waals surface area contributed by atoms with Gasteiger partial charge in [0.1, 0.15) is 18.2 Å². The maximum atomic E-state index is 13.2. The molecule has 4 rings (SSSR count). The molecule has 11 heteroatoms. The quantitative estimate of drug-likeness (QED) is 0.349. The summed E-state index contributed by atoms with van der Waals surface area (Å²) >= 11 is 8.38. The average Bonchev–Trinajstić information content (AvgIpc) is 3.40. The Kier molecular flexibility index (Phi) is 7.03. The second-order valence-electron chi connectivity index (χ2n) is 6.56. The van der Waals surface area contributed by atoms with E-state index in [1.54, 1.807) is 11.6 Å². The highest BCUT2D eigenvalue weighted by molar-refractivity contribution is 7.99. The fraction of sp³-hybridized carbons (Fsp3) is 0.143. The highest BCUT2D eigenvalue weighted by atomic mass is 35.5. The molecule has 2 aromatic carbocycles. The monoisotopic (exact) mass is 489 g/mol. The van der Waals surface area contributed by atoms with Crippen LogP contribution in [0, 0.1) is 5.82 Å². The molecule has 0 spiro atoms. The van der Waals surface area contributed by atoms with E-state index >= 15 is 0 Å². The Morgan fingerprint density at radius 1 is 1.25 bits per heavy atom.